The zero-order valence-corrected chi connectivity index (χ0v) is 13.3. The summed E-state index contributed by atoms with van der Waals surface area (Å²) in [4.78, 5) is 27.7. The molecule has 0 saturated heterocycles. The van der Waals surface area contributed by atoms with E-state index in [2.05, 4.69) is 4.98 Å². The van der Waals surface area contributed by atoms with Gasteiger partial charge in [0.15, 0.2) is 0 Å². The Bertz CT molecular complexity index is 503. The maximum atomic E-state index is 11.9. The zero-order chi connectivity index (χ0) is 16.0. The molecule has 21 heavy (non-hydrogen) atoms. The van der Waals surface area contributed by atoms with Crippen molar-refractivity contribution in [2.24, 2.45) is 11.3 Å². The number of ether oxygens (including phenoxy) is 2. The molecule has 0 aliphatic heterocycles. The van der Waals surface area contributed by atoms with Crippen molar-refractivity contribution < 1.29 is 19.1 Å². The molecule has 0 saturated carbocycles. The van der Waals surface area contributed by atoms with E-state index in [0.29, 0.717) is 6.61 Å². The first-order valence-electron chi connectivity index (χ1n) is 7.00. The Kier molecular flexibility index (Phi) is 5.88. The highest BCUT2D eigenvalue weighted by Gasteiger charge is 2.18. The zero-order valence-electron chi connectivity index (χ0n) is 13.3. The van der Waals surface area contributed by atoms with Gasteiger partial charge in [0.25, 0.3) is 0 Å². The van der Waals surface area contributed by atoms with E-state index in [1.54, 1.807) is 6.07 Å². The summed E-state index contributed by atoms with van der Waals surface area (Å²) in [6.45, 7) is 10.4. The molecule has 0 unspecified atom stereocenters. The molecule has 116 valence electrons. The molecule has 5 nitrogen and oxygen atoms in total. The molecule has 0 atom stereocenters. The van der Waals surface area contributed by atoms with E-state index >= 15 is 0 Å². The molecule has 0 aliphatic rings. The SMILES string of the molecule is CC(C)COC(=O)c1cccc(C(=O)OCC(C)(C)C)n1. The molecule has 0 radical (unpaired) electrons. The van der Waals surface area contributed by atoms with Gasteiger partial charge in [-0.2, -0.15) is 0 Å². The van der Waals surface area contributed by atoms with E-state index in [4.69, 9.17) is 9.47 Å². The van der Waals surface area contributed by atoms with Crippen molar-refractivity contribution in [1.29, 1.82) is 0 Å². The van der Waals surface area contributed by atoms with Crippen molar-refractivity contribution in [3.8, 4) is 0 Å². The summed E-state index contributed by atoms with van der Waals surface area (Å²) >= 11 is 0. The summed E-state index contributed by atoms with van der Waals surface area (Å²) in [6.07, 6.45) is 0. The second-order valence-corrected chi connectivity index (χ2v) is 6.54. The predicted molar refractivity (Wildman–Crippen MR) is 79.1 cm³/mol. The number of carbonyl (C=O) groups is 2. The molecule has 5 heteroatoms. The number of hydrogen-bond donors (Lipinski definition) is 0. The highest BCUT2D eigenvalue weighted by atomic mass is 16.5. The Morgan fingerprint density at radius 3 is 2.10 bits per heavy atom. The Hall–Kier alpha value is -1.91. The third-order valence-electron chi connectivity index (χ3n) is 2.35. The lowest BCUT2D eigenvalue weighted by Gasteiger charge is -2.17. The fourth-order valence-electron chi connectivity index (χ4n) is 1.33. The van der Waals surface area contributed by atoms with Crippen LogP contribution in [0.25, 0.3) is 0 Å². The number of nitrogens with zero attached hydrogens (tertiary/aromatic N) is 1. The summed E-state index contributed by atoms with van der Waals surface area (Å²) in [5.74, 6) is -0.827. The Morgan fingerprint density at radius 2 is 1.62 bits per heavy atom. The largest absolute Gasteiger partial charge is 0.461 e. The van der Waals surface area contributed by atoms with Crippen molar-refractivity contribution in [2.75, 3.05) is 13.2 Å². The van der Waals surface area contributed by atoms with Crippen LogP contribution >= 0.6 is 0 Å². The van der Waals surface area contributed by atoms with Gasteiger partial charge in [-0.1, -0.05) is 40.7 Å². The summed E-state index contributed by atoms with van der Waals surface area (Å²) in [5, 5.41) is 0. The molecule has 1 rings (SSSR count). The average molecular weight is 293 g/mol. The minimum absolute atomic E-state index is 0.109. The third kappa shape index (κ3) is 6.38. The van der Waals surface area contributed by atoms with Crippen LogP contribution in [0.15, 0.2) is 18.2 Å². The van der Waals surface area contributed by atoms with E-state index < -0.39 is 11.9 Å². The molecule has 0 aromatic carbocycles. The Balaban J connectivity index is 2.71. The fourth-order valence-corrected chi connectivity index (χ4v) is 1.33. The normalized spacial score (nSPS) is 11.3. The van der Waals surface area contributed by atoms with Crippen molar-refractivity contribution in [1.82, 2.24) is 4.98 Å². The molecule has 0 spiro atoms. The molecular formula is C16H23NO4. The van der Waals surface area contributed by atoms with Gasteiger partial charge in [-0.3, -0.25) is 0 Å². The molecule has 1 aromatic heterocycles. The van der Waals surface area contributed by atoms with Crippen LogP contribution < -0.4 is 0 Å². The first-order valence-corrected chi connectivity index (χ1v) is 7.00. The van der Waals surface area contributed by atoms with E-state index in [-0.39, 0.29) is 29.3 Å². The quantitative estimate of drug-likeness (QED) is 0.780. The molecule has 1 heterocycles. The van der Waals surface area contributed by atoms with Crippen LogP contribution in [0.4, 0.5) is 0 Å². The molecule has 0 N–H and O–H groups in total. The maximum Gasteiger partial charge on any atom is 0.356 e. The Morgan fingerprint density at radius 1 is 1.10 bits per heavy atom. The van der Waals surface area contributed by atoms with Gasteiger partial charge in [0.1, 0.15) is 11.4 Å². The van der Waals surface area contributed by atoms with Crippen LogP contribution in [-0.2, 0) is 9.47 Å². The second kappa shape index (κ2) is 7.20. The lowest BCUT2D eigenvalue weighted by atomic mass is 9.99. The highest BCUT2D eigenvalue weighted by molar-refractivity contribution is 5.91. The molecule has 0 bridgehead atoms. The topological polar surface area (TPSA) is 65.5 Å². The predicted octanol–water partition coefficient (Wildman–Crippen LogP) is 3.10. The molecule has 1 aromatic rings. The van der Waals surface area contributed by atoms with Crippen LogP contribution in [-0.4, -0.2) is 30.1 Å². The van der Waals surface area contributed by atoms with Crippen molar-refractivity contribution >= 4 is 11.9 Å². The number of carbonyl (C=O) groups excluding carboxylic acids is 2. The summed E-state index contributed by atoms with van der Waals surface area (Å²) in [7, 11) is 0. The maximum absolute atomic E-state index is 11.9. The lowest BCUT2D eigenvalue weighted by Crippen LogP contribution is -2.20. The highest BCUT2D eigenvalue weighted by Crippen LogP contribution is 2.14. The van der Waals surface area contributed by atoms with Crippen LogP contribution in [0.1, 0.15) is 55.6 Å². The van der Waals surface area contributed by atoms with Gasteiger partial charge in [-0.25, -0.2) is 14.6 Å². The van der Waals surface area contributed by atoms with Gasteiger partial charge in [-0.15, -0.1) is 0 Å². The summed E-state index contributed by atoms with van der Waals surface area (Å²) in [6, 6.07) is 4.63. The van der Waals surface area contributed by atoms with E-state index in [1.807, 2.05) is 34.6 Å². The van der Waals surface area contributed by atoms with E-state index in [0.717, 1.165) is 0 Å². The number of pyridine rings is 1. The van der Waals surface area contributed by atoms with Crippen LogP contribution in [0.3, 0.4) is 0 Å². The van der Waals surface area contributed by atoms with Gasteiger partial charge in [0.05, 0.1) is 13.2 Å². The van der Waals surface area contributed by atoms with Crippen LogP contribution in [0.5, 0.6) is 0 Å². The van der Waals surface area contributed by atoms with Crippen molar-refractivity contribution in [2.45, 2.75) is 34.6 Å². The van der Waals surface area contributed by atoms with Crippen LogP contribution in [0.2, 0.25) is 0 Å². The lowest BCUT2D eigenvalue weighted by molar-refractivity contribution is 0.0359. The number of rotatable bonds is 5. The monoisotopic (exact) mass is 293 g/mol. The number of aromatic nitrogens is 1. The van der Waals surface area contributed by atoms with Gasteiger partial charge >= 0.3 is 11.9 Å². The third-order valence-corrected chi connectivity index (χ3v) is 2.35. The van der Waals surface area contributed by atoms with E-state index in [9.17, 15) is 9.59 Å². The van der Waals surface area contributed by atoms with Crippen LogP contribution in [0, 0.1) is 11.3 Å². The first-order chi connectivity index (χ1) is 9.69. The average Bonchev–Trinajstić information content (AvgIpc) is 2.41. The minimum atomic E-state index is -0.538. The summed E-state index contributed by atoms with van der Waals surface area (Å²) in [5.41, 5.74) is 0.0998. The van der Waals surface area contributed by atoms with Gasteiger partial charge in [0.2, 0.25) is 0 Å². The van der Waals surface area contributed by atoms with Gasteiger partial charge in [0, 0.05) is 0 Å². The first kappa shape index (κ1) is 17.1. The number of hydrogen-bond acceptors (Lipinski definition) is 5. The number of esters is 2. The van der Waals surface area contributed by atoms with E-state index in [1.165, 1.54) is 12.1 Å². The van der Waals surface area contributed by atoms with Gasteiger partial charge < -0.3 is 9.47 Å². The molecule has 0 fully saturated rings. The second-order valence-electron chi connectivity index (χ2n) is 6.54. The van der Waals surface area contributed by atoms with Crippen molar-refractivity contribution in [3.63, 3.8) is 0 Å². The minimum Gasteiger partial charge on any atom is -0.461 e. The fraction of sp³-hybridized carbons (Fsp3) is 0.562. The Labute approximate surface area is 125 Å². The molecule has 0 amide bonds. The standard InChI is InChI=1S/C16H23NO4/c1-11(2)9-20-14(18)12-7-6-8-13(17-12)15(19)21-10-16(3,4)5/h6-8,11H,9-10H2,1-5H3. The molecule has 0 aliphatic carbocycles. The van der Waals surface area contributed by atoms with Crippen molar-refractivity contribution in [3.05, 3.63) is 29.6 Å². The molecular weight excluding hydrogens is 270 g/mol. The smallest absolute Gasteiger partial charge is 0.356 e. The van der Waals surface area contributed by atoms with Gasteiger partial charge in [-0.05, 0) is 23.5 Å². The summed E-state index contributed by atoms with van der Waals surface area (Å²) < 4.78 is 10.3.